The Labute approximate surface area is 336 Å². The molecule has 2 amide bonds. The van der Waals surface area contributed by atoms with Crippen LogP contribution in [0.5, 0.6) is 0 Å². The van der Waals surface area contributed by atoms with E-state index in [1.165, 1.54) is 10.6 Å². The number of halogens is 4. The lowest BCUT2D eigenvalue weighted by atomic mass is 9.87. The standard InChI is InChI=1S/C44H52F4N6O4/c1-52-27-36(34-12-16-49-25-35(34)43(52)57)30-21-33(58-2)22-31(38(45)23-30)26-53-17-4-7-28(13-18-53)5-3-6-29-14-19-54(20-15-29)40-10-8-32(24-37(40)44(46,47)48)50-39-9-11-41(55)51-42(39)56/h8,10,12,16,21,23-25,27-29,39,50H,3-7,9,11,13-15,17-20,22,26H2,1-2H3,(H,51,55,56). The molecule has 1 aromatic carbocycles. The van der Waals surface area contributed by atoms with Gasteiger partial charge in [0, 0.05) is 75.1 Å². The fraction of sp³-hybridized carbons (Fsp3) is 0.500. The molecule has 3 saturated heterocycles. The molecule has 4 aliphatic rings. The van der Waals surface area contributed by atoms with Crippen molar-refractivity contribution in [3.05, 3.63) is 93.6 Å². The van der Waals surface area contributed by atoms with Crippen LogP contribution in [0.25, 0.3) is 16.3 Å². The van der Waals surface area contributed by atoms with E-state index < -0.39 is 23.7 Å². The van der Waals surface area contributed by atoms with Gasteiger partial charge in [0.25, 0.3) is 5.56 Å². The number of imide groups is 1. The number of nitrogens with zero attached hydrogens (tertiary/aromatic N) is 4. The summed E-state index contributed by atoms with van der Waals surface area (Å²) in [5, 5.41) is 6.29. The van der Waals surface area contributed by atoms with E-state index in [-0.39, 0.29) is 41.5 Å². The molecule has 0 spiro atoms. The molecular formula is C44H52F4N6O4. The summed E-state index contributed by atoms with van der Waals surface area (Å²) < 4.78 is 66.1. The molecular weight excluding hydrogens is 753 g/mol. The van der Waals surface area contributed by atoms with Gasteiger partial charge in [-0.15, -0.1) is 0 Å². The number of allylic oxidation sites excluding steroid dienone is 5. The van der Waals surface area contributed by atoms with Crippen molar-refractivity contribution < 1.29 is 31.9 Å². The van der Waals surface area contributed by atoms with E-state index in [4.69, 9.17) is 4.74 Å². The summed E-state index contributed by atoms with van der Waals surface area (Å²) in [6.07, 6.45) is 12.6. The fourth-order valence-electron chi connectivity index (χ4n) is 9.02. The van der Waals surface area contributed by atoms with Crippen molar-refractivity contribution in [1.82, 2.24) is 19.8 Å². The Morgan fingerprint density at radius 2 is 1.71 bits per heavy atom. The van der Waals surface area contributed by atoms with Crippen molar-refractivity contribution in [2.45, 2.75) is 82.8 Å². The number of methoxy groups -OCH3 is 1. The van der Waals surface area contributed by atoms with Crippen LogP contribution in [0.2, 0.25) is 0 Å². The number of aromatic nitrogens is 2. The Morgan fingerprint density at radius 1 is 0.948 bits per heavy atom. The van der Waals surface area contributed by atoms with Crippen LogP contribution in [0.4, 0.5) is 28.9 Å². The van der Waals surface area contributed by atoms with E-state index >= 15 is 4.39 Å². The van der Waals surface area contributed by atoms with Crippen LogP contribution >= 0.6 is 0 Å². The van der Waals surface area contributed by atoms with Crippen molar-refractivity contribution in [2.75, 3.05) is 50.1 Å². The highest BCUT2D eigenvalue weighted by Crippen LogP contribution is 2.40. The van der Waals surface area contributed by atoms with Gasteiger partial charge in [0.05, 0.1) is 18.1 Å². The average Bonchev–Trinajstić information content (AvgIpc) is 3.52. The molecule has 0 radical (unpaired) electrons. The molecule has 0 saturated carbocycles. The Morgan fingerprint density at radius 3 is 2.45 bits per heavy atom. The molecule has 7 rings (SSSR count). The number of alkyl halides is 3. The molecule has 2 unspecified atom stereocenters. The number of nitrogens with one attached hydrogen (secondary N) is 2. The van der Waals surface area contributed by atoms with Crippen LogP contribution in [0.15, 0.2) is 77.0 Å². The minimum absolute atomic E-state index is 0.135. The van der Waals surface area contributed by atoms with Crippen LogP contribution < -0.4 is 21.1 Å². The van der Waals surface area contributed by atoms with Crippen molar-refractivity contribution in [3.63, 3.8) is 0 Å². The van der Waals surface area contributed by atoms with Crippen LogP contribution in [0.3, 0.4) is 0 Å². The van der Waals surface area contributed by atoms with E-state index in [0.717, 1.165) is 76.1 Å². The Balaban J connectivity index is 0.901. The van der Waals surface area contributed by atoms with Gasteiger partial charge in [0.15, 0.2) is 0 Å². The fourth-order valence-corrected chi connectivity index (χ4v) is 9.02. The van der Waals surface area contributed by atoms with Gasteiger partial charge >= 0.3 is 6.18 Å². The largest absolute Gasteiger partial charge is 0.501 e. The number of fused-ring (bicyclic) bond motifs is 1. The number of anilines is 2. The maximum Gasteiger partial charge on any atom is 0.418 e. The molecule has 58 heavy (non-hydrogen) atoms. The maximum absolute atomic E-state index is 16.0. The minimum atomic E-state index is -4.56. The summed E-state index contributed by atoms with van der Waals surface area (Å²) in [7, 11) is 3.28. The molecule has 10 nitrogen and oxygen atoms in total. The second-order valence-corrected chi connectivity index (χ2v) is 16.2. The highest BCUT2D eigenvalue weighted by atomic mass is 19.4. The SMILES string of the molecule is COC1=CC(c2cn(C)c(=O)c3cnccc23)=CC(F)=C(CN2CCCC(CCCC3CCN(c4ccc(NC5CCC(=O)NC5=O)cc4C(F)(F)F)CC3)CC2)C1. The first kappa shape index (κ1) is 41.2. The third-order valence-electron chi connectivity index (χ3n) is 12.3. The quantitative estimate of drug-likeness (QED) is 0.149. The van der Waals surface area contributed by atoms with E-state index in [1.54, 1.807) is 51.0 Å². The molecule has 2 aromatic heterocycles. The number of hydrogen-bond acceptors (Lipinski definition) is 8. The number of rotatable bonds is 11. The number of benzene rings is 1. The summed E-state index contributed by atoms with van der Waals surface area (Å²) in [5.41, 5.74) is 1.51. The lowest BCUT2D eigenvalue weighted by Crippen LogP contribution is -2.47. The average molecular weight is 805 g/mol. The third kappa shape index (κ3) is 9.65. The van der Waals surface area contributed by atoms with E-state index in [9.17, 15) is 27.6 Å². The first-order chi connectivity index (χ1) is 27.9. The van der Waals surface area contributed by atoms with Gasteiger partial charge in [-0.05, 0) is 116 Å². The second-order valence-electron chi connectivity index (χ2n) is 16.2. The third-order valence-corrected chi connectivity index (χ3v) is 12.3. The molecule has 310 valence electrons. The molecule has 1 aliphatic carbocycles. The zero-order chi connectivity index (χ0) is 41.0. The van der Waals surface area contributed by atoms with Gasteiger partial charge in [-0.3, -0.25) is 29.6 Å². The van der Waals surface area contributed by atoms with Gasteiger partial charge in [-0.2, -0.15) is 13.2 Å². The zero-order valence-corrected chi connectivity index (χ0v) is 33.2. The number of piperidine rings is 2. The van der Waals surface area contributed by atoms with E-state index in [2.05, 4.69) is 20.5 Å². The predicted octanol–water partition coefficient (Wildman–Crippen LogP) is 7.90. The van der Waals surface area contributed by atoms with Gasteiger partial charge in [-0.25, -0.2) is 4.39 Å². The van der Waals surface area contributed by atoms with Gasteiger partial charge in [0.1, 0.15) is 17.6 Å². The lowest BCUT2D eigenvalue weighted by molar-refractivity contribution is -0.137. The normalized spacial score (nSPS) is 21.7. The maximum atomic E-state index is 16.0. The first-order valence-corrected chi connectivity index (χ1v) is 20.4. The van der Waals surface area contributed by atoms with Crippen LogP contribution in [0.1, 0.15) is 81.8 Å². The number of carbonyl (C=O) groups excluding carboxylic acids is 2. The molecule has 3 fully saturated rings. The Bertz CT molecular complexity index is 2170. The first-order valence-electron chi connectivity index (χ1n) is 20.4. The number of ether oxygens (including phenoxy) is 1. The summed E-state index contributed by atoms with van der Waals surface area (Å²) in [4.78, 5) is 44.7. The summed E-state index contributed by atoms with van der Waals surface area (Å²) in [6, 6.07) is 5.16. The summed E-state index contributed by atoms with van der Waals surface area (Å²) >= 11 is 0. The van der Waals surface area contributed by atoms with Crippen molar-refractivity contribution >= 4 is 39.5 Å². The highest BCUT2D eigenvalue weighted by molar-refractivity contribution is 6.01. The number of amides is 2. The van der Waals surface area contributed by atoms with E-state index in [0.29, 0.717) is 65.6 Å². The number of pyridine rings is 2. The monoisotopic (exact) mass is 804 g/mol. The molecule has 5 heterocycles. The van der Waals surface area contributed by atoms with Gasteiger partial charge < -0.3 is 19.5 Å². The molecule has 0 bridgehead atoms. The molecule has 3 aliphatic heterocycles. The van der Waals surface area contributed by atoms with Crippen LogP contribution in [0, 0.1) is 11.8 Å². The second kappa shape index (κ2) is 17.9. The molecule has 2 N–H and O–H groups in total. The lowest BCUT2D eigenvalue weighted by Gasteiger charge is -2.35. The number of carbonyl (C=O) groups is 2. The zero-order valence-electron chi connectivity index (χ0n) is 33.2. The smallest absolute Gasteiger partial charge is 0.418 e. The van der Waals surface area contributed by atoms with Crippen molar-refractivity contribution in [1.29, 1.82) is 0 Å². The van der Waals surface area contributed by atoms with Crippen LogP contribution in [-0.4, -0.2) is 72.1 Å². The highest BCUT2D eigenvalue weighted by Gasteiger charge is 2.37. The predicted molar refractivity (Wildman–Crippen MR) is 217 cm³/mol. The topological polar surface area (TPSA) is 109 Å². The minimum Gasteiger partial charge on any atom is -0.501 e. The Kier molecular flexibility index (Phi) is 12.7. The number of aryl methyl sites for hydroxylation is 1. The van der Waals surface area contributed by atoms with E-state index in [1.807, 2.05) is 11.0 Å². The summed E-state index contributed by atoms with van der Waals surface area (Å²) in [6.45, 7) is 3.38. The number of likely N-dealkylation sites (tertiary alicyclic amines) is 1. The summed E-state index contributed by atoms with van der Waals surface area (Å²) in [5.74, 6) is 0.498. The van der Waals surface area contributed by atoms with Crippen molar-refractivity contribution in [3.8, 4) is 0 Å². The van der Waals surface area contributed by atoms with Crippen molar-refractivity contribution in [2.24, 2.45) is 18.9 Å². The molecule has 14 heteroatoms. The Hall–Kier alpha value is -4.98. The van der Waals surface area contributed by atoms with Crippen LogP contribution in [-0.2, 0) is 27.5 Å². The number of hydrogen-bond donors (Lipinski definition) is 2. The van der Waals surface area contributed by atoms with Gasteiger partial charge in [0.2, 0.25) is 11.8 Å². The molecule has 3 aromatic rings. The van der Waals surface area contributed by atoms with Gasteiger partial charge in [-0.1, -0.05) is 19.3 Å². The molecule has 2 atom stereocenters.